The maximum Gasteiger partial charge on any atom is 0.398 e. The topological polar surface area (TPSA) is 18.5 Å². The van der Waals surface area contributed by atoms with Crippen molar-refractivity contribution in [2.24, 2.45) is 0 Å². The zero-order valence-electron chi connectivity index (χ0n) is 15.1. The predicted molar refractivity (Wildman–Crippen MR) is 95.7 cm³/mol. The minimum atomic E-state index is -4.32. The van der Waals surface area contributed by atoms with E-state index >= 15 is 0 Å². The molecule has 0 aliphatic heterocycles. The lowest BCUT2D eigenvalue weighted by Crippen LogP contribution is -2.40. The molecule has 0 amide bonds. The van der Waals surface area contributed by atoms with Gasteiger partial charge in [-0.25, -0.2) is 0 Å². The Morgan fingerprint density at radius 1 is 1.23 bits per heavy atom. The molecule has 1 atom stereocenters. The number of benzene rings is 1. The average Bonchev–Trinajstić information content (AvgIpc) is 3.00. The second-order valence-corrected chi connectivity index (χ2v) is 6.63. The number of hydrogen-bond acceptors (Lipinski definition) is 2. The van der Waals surface area contributed by atoms with E-state index in [1.807, 2.05) is 0 Å². The number of hydrogen-bond donors (Lipinski definition) is 0. The van der Waals surface area contributed by atoms with Crippen molar-refractivity contribution in [1.29, 1.82) is 0 Å². The van der Waals surface area contributed by atoms with E-state index in [2.05, 4.69) is 18.4 Å². The molecular formula is C21H25F3O2. The first-order chi connectivity index (χ1) is 12.4. The number of halogens is 3. The van der Waals surface area contributed by atoms with Gasteiger partial charge in [0.15, 0.2) is 0 Å². The predicted octanol–water partition coefficient (Wildman–Crippen LogP) is 5.37. The molecule has 0 saturated heterocycles. The third kappa shape index (κ3) is 4.90. The summed E-state index contributed by atoms with van der Waals surface area (Å²) in [5.74, 6) is 5.97. The molecule has 0 aromatic heterocycles. The van der Waals surface area contributed by atoms with Gasteiger partial charge in [0.1, 0.15) is 6.79 Å². The highest BCUT2D eigenvalue weighted by atomic mass is 19.4. The maximum atomic E-state index is 13.9. The summed E-state index contributed by atoms with van der Waals surface area (Å²) in [5.41, 5.74) is -0.457. The van der Waals surface area contributed by atoms with Gasteiger partial charge in [0.2, 0.25) is 0 Å². The Bertz CT molecular complexity index is 670. The van der Waals surface area contributed by atoms with Crippen molar-refractivity contribution in [2.45, 2.75) is 50.1 Å². The van der Waals surface area contributed by atoms with E-state index < -0.39 is 11.6 Å². The van der Waals surface area contributed by atoms with Gasteiger partial charge in [0.25, 0.3) is 0 Å². The van der Waals surface area contributed by atoms with E-state index in [1.165, 1.54) is 0 Å². The lowest BCUT2D eigenvalue weighted by molar-refractivity contribution is -0.188. The zero-order valence-corrected chi connectivity index (χ0v) is 15.1. The van der Waals surface area contributed by atoms with Crippen LogP contribution in [0.1, 0.15) is 49.7 Å². The lowest BCUT2D eigenvalue weighted by atomic mass is 9.76. The molecule has 0 N–H and O–H groups in total. The molecule has 1 saturated carbocycles. The van der Waals surface area contributed by atoms with Crippen molar-refractivity contribution in [3.8, 4) is 11.8 Å². The van der Waals surface area contributed by atoms with Crippen LogP contribution >= 0.6 is 0 Å². The lowest BCUT2D eigenvalue weighted by Gasteiger charge is -2.33. The van der Waals surface area contributed by atoms with Crippen molar-refractivity contribution in [3.63, 3.8) is 0 Å². The van der Waals surface area contributed by atoms with Gasteiger partial charge >= 0.3 is 6.18 Å². The molecule has 0 radical (unpaired) electrons. The minimum absolute atomic E-state index is 0.0465. The van der Waals surface area contributed by atoms with Crippen molar-refractivity contribution in [1.82, 2.24) is 0 Å². The normalized spacial score (nSPS) is 20.1. The first kappa shape index (κ1) is 20.5. The summed E-state index contributed by atoms with van der Waals surface area (Å²) in [6, 6.07) is 6.63. The van der Waals surface area contributed by atoms with Crippen LogP contribution in [-0.2, 0) is 14.9 Å². The molecule has 26 heavy (non-hydrogen) atoms. The summed E-state index contributed by atoms with van der Waals surface area (Å²) in [6.45, 7) is 4.63. The van der Waals surface area contributed by atoms with Gasteiger partial charge in [-0.15, -0.1) is 0 Å². The highest BCUT2D eigenvalue weighted by molar-refractivity contribution is 5.48. The Labute approximate surface area is 153 Å². The fourth-order valence-electron chi connectivity index (χ4n) is 3.35. The van der Waals surface area contributed by atoms with Crippen LogP contribution in [-0.4, -0.2) is 26.7 Å². The van der Waals surface area contributed by atoms with Crippen LogP contribution in [0, 0.1) is 11.8 Å². The van der Waals surface area contributed by atoms with E-state index in [0.717, 1.165) is 12.8 Å². The number of unbranched alkanes of at least 4 members (excludes halogenated alkanes) is 2. The van der Waals surface area contributed by atoms with Gasteiger partial charge < -0.3 is 9.47 Å². The summed E-state index contributed by atoms with van der Waals surface area (Å²) in [7, 11) is 1.57. The summed E-state index contributed by atoms with van der Waals surface area (Å²) >= 11 is 0. The fraction of sp³-hybridized carbons (Fsp3) is 0.524. The van der Waals surface area contributed by atoms with E-state index in [0.29, 0.717) is 30.6 Å². The summed E-state index contributed by atoms with van der Waals surface area (Å²) in [4.78, 5) is 0. The molecule has 5 heteroatoms. The third-order valence-corrected chi connectivity index (χ3v) is 4.71. The van der Waals surface area contributed by atoms with E-state index in [9.17, 15) is 13.2 Å². The van der Waals surface area contributed by atoms with Gasteiger partial charge in [-0.2, -0.15) is 13.2 Å². The zero-order chi connectivity index (χ0) is 19.0. The van der Waals surface area contributed by atoms with Crippen LogP contribution in [0.2, 0.25) is 0 Å². The largest absolute Gasteiger partial charge is 0.398 e. The molecular weight excluding hydrogens is 341 g/mol. The number of alkyl halides is 3. The van der Waals surface area contributed by atoms with Crippen molar-refractivity contribution in [2.75, 3.05) is 20.5 Å². The summed E-state index contributed by atoms with van der Waals surface area (Å²) < 4.78 is 51.8. The maximum absolute atomic E-state index is 13.9. The molecule has 0 spiro atoms. The van der Waals surface area contributed by atoms with Crippen LogP contribution in [0.4, 0.5) is 13.2 Å². The number of rotatable bonds is 7. The van der Waals surface area contributed by atoms with Gasteiger partial charge in [-0.3, -0.25) is 0 Å². The Kier molecular flexibility index (Phi) is 7.31. The standard InChI is InChI=1S/C21H25F3O2/c1-17-12-13-20(15-17,21(22,23)24)19-11-7-6-10-18(19)9-5-3-4-8-14-26-16-25-2/h6-7,10-11H,1,3-4,8,12-16H2,2H3. The van der Waals surface area contributed by atoms with Gasteiger partial charge in [0, 0.05) is 25.7 Å². The van der Waals surface area contributed by atoms with Crippen LogP contribution < -0.4 is 0 Å². The molecule has 1 aliphatic carbocycles. The van der Waals surface area contributed by atoms with E-state index in [-0.39, 0.29) is 25.2 Å². The SMILES string of the molecule is C=C1CCC(c2ccccc2C#CCCCCOCOC)(C(F)(F)F)C1. The number of ether oxygens (including phenoxy) is 2. The molecule has 0 bridgehead atoms. The first-order valence-electron chi connectivity index (χ1n) is 8.79. The van der Waals surface area contributed by atoms with Crippen LogP contribution in [0.25, 0.3) is 0 Å². The molecule has 0 heterocycles. The molecule has 1 unspecified atom stereocenters. The van der Waals surface area contributed by atoms with Crippen LogP contribution in [0.15, 0.2) is 36.4 Å². The van der Waals surface area contributed by atoms with Crippen LogP contribution in [0.3, 0.4) is 0 Å². The highest BCUT2D eigenvalue weighted by Gasteiger charge is 2.58. The van der Waals surface area contributed by atoms with Crippen molar-refractivity contribution < 1.29 is 22.6 Å². The van der Waals surface area contributed by atoms with Gasteiger partial charge in [-0.05, 0) is 43.7 Å². The summed E-state index contributed by atoms with van der Waals surface area (Å²) in [6.07, 6.45) is -1.62. The third-order valence-electron chi connectivity index (χ3n) is 4.71. The van der Waals surface area contributed by atoms with Gasteiger partial charge in [0.05, 0.1) is 5.41 Å². The van der Waals surface area contributed by atoms with Crippen LogP contribution in [0.5, 0.6) is 0 Å². The smallest absolute Gasteiger partial charge is 0.359 e. The second kappa shape index (κ2) is 9.25. The molecule has 142 valence electrons. The highest BCUT2D eigenvalue weighted by Crippen LogP contribution is 2.54. The van der Waals surface area contributed by atoms with E-state index in [4.69, 9.17) is 9.47 Å². The molecule has 1 aromatic rings. The molecule has 1 aliphatic rings. The molecule has 2 rings (SSSR count). The summed E-state index contributed by atoms with van der Waals surface area (Å²) in [5, 5.41) is 0. The molecule has 2 nitrogen and oxygen atoms in total. The number of allylic oxidation sites excluding steroid dienone is 1. The molecule has 1 aromatic carbocycles. The van der Waals surface area contributed by atoms with Gasteiger partial charge in [-0.1, -0.05) is 42.2 Å². The Balaban J connectivity index is 2.11. The van der Waals surface area contributed by atoms with Crippen molar-refractivity contribution >= 4 is 0 Å². The van der Waals surface area contributed by atoms with E-state index in [1.54, 1.807) is 31.4 Å². The van der Waals surface area contributed by atoms with Crippen molar-refractivity contribution in [3.05, 3.63) is 47.5 Å². The quantitative estimate of drug-likeness (QED) is 0.280. The first-order valence-corrected chi connectivity index (χ1v) is 8.79. The Morgan fingerprint density at radius 2 is 2.00 bits per heavy atom. The fourth-order valence-corrected chi connectivity index (χ4v) is 3.35. The Hall–Kier alpha value is -1.77. The average molecular weight is 366 g/mol. The monoisotopic (exact) mass is 366 g/mol. The number of methoxy groups -OCH3 is 1. The minimum Gasteiger partial charge on any atom is -0.359 e. The molecule has 1 fully saturated rings. The second-order valence-electron chi connectivity index (χ2n) is 6.63. The Morgan fingerprint density at radius 3 is 2.65 bits per heavy atom.